The second-order valence-electron chi connectivity index (χ2n) is 3.12. The molecule has 0 fully saturated rings. The second-order valence-corrected chi connectivity index (χ2v) is 3.12. The lowest BCUT2D eigenvalue weighted by Crippen LogP contribution is -2.41. The number of carboxylic acids is 1. The van der Waals surface area contributed by atoms with Gasteiger partial charge in [-0.05, 0) is 6.07 Å². The summed E-state index contributed by atoms with van der Waals surface area (Å²) in [6.45, 7) is 0.264. The van der Waals surface area contributed by atoms with Crippen molar-refractivity contribution in [1.82, 2.24) is 15.5 Å². The molecule has 3 N–H and O–H groups in total. The van der Waals surface area contributed by atoms with E-state index in [2.05, 4.69) is 15.5 Å². The van der Waals surface area contributed by atoms with Crippen LogP contribution in [0.5, 0.6) is 0 Å². The van der Waals surface area contributed by atoms with Gasteiger partial charge in [0.1, 0.15) is 11.7 Å². The van der Waals surface area contributed by atoms with Crippen LogP contribution in [0.15, 0.2) is 12.3 Å². The highest BCUT2D eigenvalue weighted by atomic mass is 16.5. The number of amides is 1. The Kier molecular flexibility index (Phi) is 4.46. The van der Waals surface area contributed by atoms with E-state index in [9.17, 15) is 9.59 Å². The molecule has 16 heavy (non-hydrogen) atoms. The number of hydrogen-bond donors (Lipinski definition) is 3. The molecule has 0 aliphatic rings. The predicted molar refractivity (Wildman–Crippen MR) is 54.0 cm³/mol. The van der Waals surface area contributed by atoms with Crippen LogP contribution in [0, 0.1) is 0 Å². The number of carbonyl (C=O) groups is 2. The van der Waals surface area contributed by atoms with Crippen molar-refractivity contribution in [3.8, 4) is 0 Å². The quantitative estimate of drug-likeness (QED) is 0.615. The number of aromatic nitrogens is 2. The molecule has 1 unspecified atom stereocenters. The van der Waals surface area contributed by atoms with E-state index in [0.29, 0.717) is 0 Å². The van der Waals surface area contributed by atoms with Crippen LogP contribution in [0.3, 0.4) is 0 Å². The maximum Gasteiger partial charge on any atom is 0.326 e. The molecule has 0 saturated carbocycles. The molecule has 0 aromatic carbocycles. The number of nitrogens with one attached hydrogen (secondary N) is 2. The van der Waals surface area contributed by atoms with Crippen molar-refractivity contribution >= 4 is 11.9 Å². The van der Waals surface area contributed by atoms with Gasteiger partial charge in [-0.25, -0.2) is 4.79 Å². The number of H-pyrrole nitrogens is 1. The van der Waals surface area contributed by atoms with E-state index in [1.54, 1.807) is 0 Å². The zero-order chi connectivity index (χ0) is 12.0. The van der Waals surface area contributed by atoms with Gasteiger partial charge in [0.2, 0.25) is 0 Å². The van der Waals surface area contributed by atoms with Gasteiger partial charge in [-0.1, -0.05) is 0 Å². The molecule has 0 aliphatic carbocycles. The van der Waals surface area contributed by atoms with E-state index >= 15 is 0 Å². The molecule has 0 spiro atoms. The van der Waals surface area contributed by atoms with E-state index in [0.717, 1.165) is 0 Å². The summed E-state index contributed by atoms with van der Waals surface area (Å²) in [4.78, 5) is 22.3. The molecule has 1 aromatic heterocycles. The molecule has 0 radical (unpaired) electrons. The minimum Gasteiger partial charge on any atom is -0.480 e. The summed E-state index contributed by atoms with van der Waals surface area (Å²) in [5.41, 5.74) is 0.226. The molecular weight excluding hydrogens is 214 g/mol. The smallest absolute Gasteiger partial charge is 0.326 e. The van der Waals surface area contributed by atoms with Gasteiger partial charge in [0.25, 0.3) is 5.91 Å². The van der Waals surface area contributed by atoms with E-state index in [-0.39, 0.29) is 18.7 Å². The molecule has 1 rings (SSSR count). The topological polar surface area (TPSA) is 104 Å². The van der Waals surface area contributed by atoms with Crippen LogP contribution in [0.4, 0.5) is 0 Å². The average molecular weight is 227 g/mol. The van der Waals surface area contributed by atoms with Gasteiger partial charge in [0.15, 0.2) is 0 Å². The highest BCUT2D eigenvalue weighted by molar-refractivity contribution is 5.94. The predicted octanol–water partition coefficient (Wildman–Crippen LogP) is -0.371. The molecule has 1 aromatic rings. The monoisotopic (exact) mass is 227 g/mol. The van der Waals surface area contributed by atoms with Crippen molar-refractivity contribution in [3.05, 3.63) is 18.0 Å². The summed E-state index contributed by atoms with van der Waals surface area (Å²) in [6.07, 6.45) is 1.63. The van der Waals surface area contributed by atoms with Crippen molar-refractivity contribution in [2.75, 3.05) is 13.7 Å². The normalized spacial score (nSPS) is 12.1. The Hall–Kier alpha value is -1.89. The number of methoxy groups -OCH3 is 1. The fourth-order valence-corrected chi connectivity index (χ4v) is 1.11. The number of carboxylic acid groups (broad SMARTS) is 1. The SMILES string of the molecule is COCCC(NC(=O)c1ccn[nH]1)C(=O)O. The van der Waals surface area contributed by atoms with Crippen molar-refractivity contribution in [2.24, 2.45) is 0 Å². The highest BCUT2D eigenvalue weighted by Gasteiger charge is 2.20. The number of aromatic amines is 1. The Balaban J connectivity index is 2.54. The first-order valence-corrected chi connectivity index (χ1v) is 4.67. The van der Waals surface area contributed by atoms with Gasteiger partial charge in [-0.2, -0.15) is 5.10 Å². The third-order valence-electron chi connectivity index (χ3n) is 1.96. The summed E-state index contributed by atoms with van der Waals surface area (Å²) >= 11 is 0. The summed E-state index contributed by atoms with van der Waals surface area (Å²) in [5, 5.41) is 17.3. The number of rotatable bonds is 6. The van der Waals surface area contributed by atoms with Crippen molar-refractivity contribution in [3.63, 3.8) is 0 Å². The third-order valence-corrected chi connectivity index (χ3v) is 1.96. The Bertz CT molecular complexity index is 350. The van der Waals surface area contributed by atoms with Gasteiger partial charge in [-0.15, -0.1) is 0 Å². The molecule has 1 amide bonds. The maximum atomic E-state index is 11.5. The number of aliphatic carboxylic acids is 1. The first kappa shape index (κ1) is 12.2. The third kappa shape index (κ3) is 3.35. The first-order valence-electron chi connectivity index (χ1n) is 4.67. The molecule has 1 atom stereocenters. The Morgan fingerprint density at radius 3 is 2.94 bits per heavy atom. The molecule has 1 heterocycles. The van der Waals surface area contributed by atoms with Crippen LogP contribution in [0.1, 0.15) is 16.9 Å². The van der Waals surface area contributed by atoms with Crippen LogP contribution in [-0.4, -0.2) is 46.9 Å². The fourth-order valence-electron chi connectivity index (χ4n) is 1.11. The van der Waals surface area contributed by atoms with E-state index < -0.39 is 17.9 Å². The van der Waals surface area contributed by atoms with Crippen LogP contribution in [0.25, 0.3) is 0 Å². The van der Waals surface area contributed by atoms with Gasteiger partial charge in [0, 0.05) is 26.3 Å². The Labute approximate surface area is 91.8 Å². The number of ether oxygens (including phenoxy) is 1. The van der Waals surface area contributed by atoms with Gasteiger partial charge >= 0.3 is 5.97 Å². The summed E-state index contributed by atoms with van der Waals surface area (Å²) in [7, 11) is 1.47. The first-order chi connectivity index (χ1) is 7.65. The molecule has 88 valence electrons. The van der Waals surface area contributed by atoms with Crippen molar-refractivity contribution in [2.45, 2.75) is 12.5 Å². The Morgan fingerprint density at radius 1 is 1.69 bits per heavy atom. The van der Waals surface area contributed by atoms with E-state index in [1.807, 2.05) is 0 Å². The summed E-state index contributed by atoms with van der Waals surface area (Å²) < 4.78 is 4.76. The lowest BCUT2D eigenvalue weighted by Gasteiger charge is -2.12. The van der Waals surface area contributed by atoms with Crippen LogP contribution in [0.2, 0.25) is 0 Å². The molecule has 0 saturated heterocycles. The molecule has 7 heteroatoms. The van der Waals surface area contributed by atoms with E-state index in [1.165, 1.54) is 19.4 Å². The van der Waals surface area contributed by atoms with Crippen molar-refractivity contribution < 1.29 is 19.4 Å². The minimum absolute atomic E-state index is 0.214. The zero-order valence-corrected chi connectivity index (χ0v) is 8.77. The second kappa shape index (κ2) is 5.86. The van der Waals surface area contributed by atoms with Crippen LogP contribution >= 0.6 is 0 Å². The number of carbonyl (C=O) groups excluding carboxylic acids is 1. The number of nitrogens with zero attached hydrogens (tertiary/aromatic N) is 1. The average Bonchev–Trinajstić information content (AvgIpc) is 2.76. The zero-order valence-electron chi connectivity index (χ0n) is 8.77. The largest absolute Gasteiger partial charge is 0.480 e. The molecule has 0 bridgehead atoms. The minimum atomic E-state index is -1.09. The van der Waals surface area contributed by atoms with Gasteiger partial charge in [0.05, 0.1) is 0 Å². The van der Waals surface area contributed by atoms with Gasteiger partial charge in [-0.3, -0.25) is 9.89 Å². The molecule has 0 aliphatic heterocycles. The standard InChI is InChI=1S/C9H13N3O4/c1-16-5-3-7(9(14)15)11-8(13)6-2-4-10-12-6/h2,4,7H,3,5H2,1H3,(H,10,12)(H,11,13)(H,14,15). The fraction of sp³-hybridized carbons (Fsp3) is 0.444. The van der Waals surface area contributed by atoms with Crippen molar-refractivity contribution in [1.29, 1.82) is 0 Å². The molecular formula is C9H13N3O4. The maximum absolute atomic E-state index is 11.5. The van der Waals surface area contributed by atoms with Crippen LogP contribution < -0.4 is 5.32 Å². The van der Waals surface area contributed by atoms with Gasteiger partial charge < -0.3 is 15.2 Å². The lowest BCUT2D eigenvalue weighted by molar-refractivity contribution is -0.139. The Morgan fingerprint density at radius 2 is 2.44 bits per heavy atom. The van der Waals surface area contributed by atoms with E-state index in [4.69, 9.17) is 9.84 Å². The highest BCUT2D eigenvalue weighted by Crippen LogP contribution is 1.97. The van der Waals surface area contributed by atoms with Crippen LogP contribution in [-0.2, 0) is 9.53 Å². The summed E-state index contributed by atoms with van der Waals surface area (Å²) in [5.74, 6) is -1.59. The lowest BCUT2D eigenvalue weighted by atomic mass is 10.2. The number of hydrogen-bond acceptors (Lipinski definition) is 4. The summed E-state index contributed by atoms with van der Waals surface area (Å²) in [6, 6.07) is 0.501. The molecule has 7 nitrogen and oxygen atoms in total.